The zero-order chi connectivity index (χ0) is 17.7. The number of fused-ring (bicyclic) bond motifs is 1. The van der Waals surface area contributed by atoms with Gasteiger partial charge in [0, 0.05) is 12.3 Å². The minimum absolute atomic E-state index is 0.00355. The summed E-state index contributed by atoms with van der Waals surface area (Å²) in [4.78, 5) is 36.4. The molecule has 0 fully saturated rings. The summed E-state index contributed by atoms with van der Waals surface area (Å²) in [5.41, 5.74) is 7.49. The van der Waals surface area contributed by atoms with E-state index in [0.717, 1.165) is 11.8 Å². The molecule has 3 aromatic rings. The quantitative estimate of drug-likeness (QED) is 0.673. The lowest BCUT2D eigenvalue weighted by atomic mass is 10.1. The minimum Gasteiger partial charge on any atom is -0.384 e. The van der Waals surface area contributed by atoms with Crippen molar-refractivity contribution in [2.24, 2.45) is 0 Å². The first-order chi connectivity index (χ1) is 12.0. The van der Waals surface area contributed by atoms with Crippen LogP contribution in [0.1, 0.15) is 26.4 Å². The van der Waals surface area contributed by atoms with E-state index >= 15 is 0 Å². The maximum Gasteiger partial charge on any atom is 0.262 e. The first-order valence-corrected chi connectivity index (χ1v) is 7.50. The highest BCUT2D eigenvalue weighted by Gasteiger charge is 2.32. The van der Waals surface area contributed by atoms with Crippen LogP contribution in [0.3, 0.4) is 0 Å². The molecule has 8 nitrogen and oxygen atoms in total. The molecule has 1 aliphatic rings. The van der Waals surface area contributed by atoms with Gasteiger partial charge in [0.05, 0.1) is 28.2 Å². The van der Waals surface area contributed by atoms with Gasteiger partial charge in [-0.3, -0.25) is 24.3 Å². The predicted octanol–water partition coefficient (Wildman–Crippen LogP) is 0.797. The number of carbonyl (C=O) groups excluding carboxylic acids is 2. The van der Waals surface area contributed by atoms with Crippen LogP contribution in [0.2, 0.25) is 0 Å². The number of hydrogen-bond donors (Lipinski definition) is 2. The molecule has 0 saturated carbocycles. The van der Waals surface area contributed by atoms with Gasteiger partial charge >= 0.3 is 0 Å². The SMILES string of the molecule is Cc1ccn(-c2ccccc2-n2c(N)c3c(cc2=O)C(=O)NC3=O)n1. The molecule has 0 saturated heterocycles. The van der Waals surface area contributed by atoms with E-state index in [1.54, 1.807) is 35.1 Å². The average molecular weight is 335 g/mol. The smallest absolute Gasteiger partial charge is 0.262 e. The number of aromatic nitrogens is 3. The Balaban J connectivity index is 2.02. The molecule has 2 amide bonds. The van der Waals surface area contributed by atoms with Crippen molar-refractivity contribution >= 4 is 17.6 Å². The molecule has 1 aliphatic heterocycles. The number of nitrogens with two attached hydrogens (primary N) is 1. The summed E-state index contributed by atoms with van der Waals surface area (Å²) in [6, 6.07) is 9.99. The van der Waals surface area contributed by atoms with Crippen molar-refractivity contribution < 1.29 is 9.59 Å². The lowest BCUT2D eigenvalue weighted by Crippen LogP contribution is -2.25. The second kappa shape index (κ2) is 5.17. The highest BCUT2D eigenvalue weighted by atomic mass is 16.2. The molecule has 8 heteroatoms. The molecule has 0 unspecified atom stereocenters. The summed E-state index contributed by atoms with van der Waals surface area (Å²) in [6.45, 7) is 1.85. The van der Waals surface area contributed by atoms with Crippen molar-refractivity contribution in [1.82, 2.24) is 19.7 Å². The maximum atomic E-state index is 12.6. The number of benzene rings is 1. The van der Waals surface area contributed by atoms with Crippen LogP contribution in [-0.4, -0.2) is 26.2 Å². The van der Waals surface area contributed by atoms with Gasteiger partial charge in [-0.25, -0.2) is 4.68 Å². The molecule has 0 radical (unpaired) electrons. The van der Waals surface area contributed by atoms with Gasteiger partial charge in [0.1, 0.15) is 5.82 Å². The first-order valence-electron chi connectivity index (χ1n) is 7.50. The van der Waals surface area contributed by atoms with E-state index in [-0.39, 0.29) is 16.9 Å². The number of anilines is 1. The van der Waals surface area contributed by atoms with Crippen LogP contribution < -0.4 is 16.6 Å². The Bertz CT molecular complexity index is 1110. The van der Waals surface area contributed by atoms with Gasteiger partial charge < -0.3 is 5.73 Å². The number of nitrogens with one attached hydrogen (secondary N) is 1. The van der Waals surface area contributed by atoms with Crippen LogP contribution in [-0.2, 0) is 0 Å². The van der Waals surface area contributed by atoms with Gasteiger partial charge in [0.15, 0.2) is 0 Å². The zero-order valence-corrected chi connectivity index (χ0v) is 13.2. The van der Waals surface area contributed by atoms with Gasteiger partial charge in [-0.05, 0) is 25.1 Å². The predicted molar refractivity (Wildman–Crippen MR) is 90.1 cm³/mol. The fourth-order valence-corrected chi connectivity index (χ4v) is 2.92. The second-order valence-electron chi connectivity index (χ2n) is 5.67. The largest absolute Gasteiger partial charge is 0.384 e. The molecule has 0 bridgehead atoms. The Hall–Kier alpha value is -3.68. The standard InChI is InChI=1S/C17H13N5O3/c1-9-6-7-21(20-9)11-4-2-3-5-12(11)22-13(23)8-10-14(15(22)18)17(25)19-16(10)24/h2-8H,18H2,1H3,(H,19,24,25). The number of nitrogen functional groups attached to an aromatic ring is 1. The van der Waals surface area contributed by atoms with Gasteiger partial charge in [-0.1, -0.05) is 12.1 Å². The summed E-state index contributed by atoms with van der Waals surface area (Å²) in [7, 11) is 0. The van der Waals surface area contributed by atoms with E-state index in [2.05, 4.69) is 10.4 Å². The molecule has 25 heavy (non-hydrogen) atoms. The summed E-state index contributed by atoms with van der Waals surface area (Å²) in [6.07, 6.45) is 1.76. The van der Waals surface area contributed by atoms with Gasteiger partial charge in [-0.15, -0.1) is 0 Å². The molecule has 0 atom stereocenters. The molecular weight excluding hydrogens is 322 g/mol. The van der Waals surface area contributed by atoms with E-state index in [4.69, 9.17) is 5.73 Å². The van der Waals surface area contributed by atoms with Crippen molar-refractivity contribution in [2.75, 3.05) is 5.73 Å². The van der Waals surface area contributed by atoms with Crippen molar-refractivity contribution in [1.29, 1.82) is 0 Å². The van der Waals surface area contributed by atoms with Crippen LogP contribution in [0.25, 0.3) is 11.4 Å². The van der Waals surface area contributed by atoms with Crippen LogP contribution in [0, 0.1) is 6.92 Å². The van der Waals surface area contributed by atoms with Gasteiger partial charge in [0.25, 0.3) is 17.4 Å². The summed E-state index contributed by atoms with van der Waals surface area (Å²) < 4.78 is 2.83. The van der Waals surface area contributed by atoms with Crippen LogP contribution in [0.4, 0.5) is 5.82 Å². The molecule has 3 heterocycles. The zero-order valence-electron chi connectivity index (χ0n) is 13.2. The lowest BCUT2D eigenvalue weighted by molar-refractivity contribution is 0.0880. The van der Waals surface area contributed by atoms with Crippen LogP contribution >= 0.6 is 0 Å². The fraction of sp³-hybridized carbons (Fsp3) is 0.0588. The van der Waals surface area contributed by atoms with E-state index in [1.807, 2.05) is 13.0 Å². The third-order valence-corrected chi connectivity index (χ3v) is 4.05. The summed E-state index contributed by atoms with van der Waals surface area (Å²) in [5.74, 6) is -1.31. The highest BCUT2D eigenvalue weighted by Crippen LogP contribution is 2.25. The molecule has 124 valence electrons. The number of hydrogen-bond acceptors (Lipinski definition) is 5. The number of rotatable bonds is 2. The van der Waals surface area contributed by atoms with Crippen molar-refractivity contribution in [2.45, 2.75) is 6.92 Å². The van der Waals surface area contributed by atoms with E-state index in [1.165, 1.54) is 4.57 Å². The fourth-order valence-electron chi connectivity index (χ4n) is 2.92. The van der Waals surface area contributed by atoms with Crippen molar-refractivity contribution in [3.8, 4) is 11.4 Å². The minimum atomic E-state index is -0.619. The monoisotopic (exact) mass is 335 g/mol. The van der Waals surface area contributed by atoms with Crippen molar-refractivity contribution in [3.05, 3.63) is 69.8 Å². The number of carbonyl (C=O) groups is 2. The third-order valence-electron chi connectivity index (χ3n) is 4.05. The lowest BCUT2D eigenvalue weighted by Gasteiger charge is -2.15. The molecule has 2 aromatic heterocycles. The molecule has 0 aliphatic carbocycles. The van der Waals surface area contributed by atoms with Gasteiger partial charge in [0.2, 0.25) is 0 Å². The molecule has 4 rings (SSSR count). The summed E-state index contributed by atoms with van der Waals surface area (Å²) >= 11 is 0. The summed E-state index contributed by atoms with van der Waals surface area (Å²) in [5, 5.41) is 6.50. The Morgan fingerprint density at radius 3 is 2.44 bits per heavy atom. The number of amides is 2. The molecule has 0 spiro atoms. The highest BCUT2D eigenvalue weighted by molar-refractivity contribution is 6.23. The number of para-hydroxylation sites is 2. The second-order valence-corrected chi connectivity index (χ2v) is 5.67. The van der Waals surface area contributed by atoms with Crippen molar-refractivity contribution in [3.63, 3.8) is 0 Å². The van der Waals surface area contributed by atoms with E-state index < -0.39 is 17.4 Å². The maximum absolute atomic E-state index is 12.6. The molecular formula is C17H13N5O3. The number of nitrogens with zero attached hydrogens (tertiary/aromatic N) is 3. The Morgan fingerprint density at radius 1 is 1.04 bits per heavy atom. The Kier molecular flexibility index (Phi) is 3.08. The van der Waals surface area contributed by atoms with E-state index in [9.17, 15) is 14.4 Å². The number of pyridine rings is 1. The third kappa shape index (κ3) is 2.15. The van der Waals surface area contributed by atoms with Crippen LogP contribution in [0.5, 0.6) is 0 Å². The van der Waals surface area contributed by atoms with Crippen LogP contribution in [0.15, 0.2) is 47.4 Å². The van der Waals surface area contributed by atoms with Gasteiger partial charge in [-0.2, -0.15) is 5.10 Å². The Labute approximate surface area is 141 Å². The number of aryl methyl sites for hydroxylation is 1. The molecule has 1 aromatic carbocycles. The molecule has 3 N–H and O–H groups in total. The average Bonchev–Trinajstić information content (AvgIpc) is 3.12. The topological polar surface area (TPSA) is 112 Å². The normalized spacial score (nSPS) is 13.0. The van der Waals surface area contributed by atoms with E-state index in [0.29, 0.717) is 11.4 Å². The number of imide groups is 1. The Morgan fingerprint density at radius 2 is 1.76 bits per heavy atom. The first kappa shape index (κ1) is 14.9.